The normalized spacial score (nSPS) is 10.9. The Balaban J connectivity index is 2.40. The van der Waals surface area contributed by atoms with Crippen molar-refractivity contribution in [1.29, 1.82) is 0 Å². The summed E-state index contributed by atoms with van der Waals surface area (Å²) < 4.78 is 0.892. The average Bonchev–Trinajstić information content (AvgIpc) is 2.76. The quantitative estimate of drug-likeness (QED) is 0.877. The summed E-state index contributed by atoms with van der Waals surface area (Å²) in [6.07, 6.45) is 2.07. The van der Waals surface area contributed by atoms with Crippen molar-refractivity contribution in [3.05, 3.63) is 38.3 Å². The number of thiazole rings is 1. The zero-order valence-corrected chi connectivity index (χ0v) is 13.2. The van der Waals surface area contributed by atoms with Crippen LogP contribution in [0.3, 0.4) is 0 Å². The molecule has 1 aromatic heterocycles. The third-order valence-corrected chi connectivity index (χ3v) is 5.00. The van der Waals surface area contributed by atoms with Crippen LogP contribution in [0.1, 0.15) is 23.9 Å². The Kier molecular flexibility index (Phi) is 4.78. The van der Waals surface area contributed by atoms with Crippen molar-refractivity contribution in [2.45, 2.75) is 26.3 Å². The monoisotopic (exact) mass is 344 g/mol. The van der Waals surface area contributed by atoms with E-state index in [0.29, 0.717) is 11.6 Å². The number of aromatic nitrogens is 1. The minimum atomic E-state index is 0.557. The molecule has 0 fully saturated rings. The van der Waals surface area contributed by atoms with Gasteiger partial charge in [0, 0.05) is 21.5 Å². The lowest BCUT2D eigenvalue weighted by atomic mass is 10.2. The summed E-state index contributed by atoms with van der Waals surface area (Å²) in [6.45, 7) is 2.71. The molecule has 0 bridgehead atoms. The first kappa shape index (κ1) is 14.0. The van der Waals surface area contributed by atoms with E-state index in [1.54, 1.807) is 11.3 Å². The maximum Gasteiger partial charge on any atom is 0.123 e. The Morgan fingerprint density at radius 1 is 1.44 bits per heavy atom. The third-order valence-electron chi connectivity index (χ3n) is 2.62. The van der Waals surface area contributed by atoms with Crippen LogP contribution >= 0.6 is 38.9 Å². The number of hydrogen-bond acceptors (Lipinski definition) is 3. The molecule has 96 valence electrons. The summed E-state index contributed by atoms with van der Waals surface area (Å²) in [5.41, 5.74) is 7.97. The molecule has 18 heavy (non-hydrogen) atoms. The molecule has 0 aliphatic heterocycles. The minimum absolute atomic E-state index is 0.557. The molecule has 2 N–H and O–H groups in total. The lowest BCUT2D eigenvalue weighted by Gasteiger charge is -1.99. The summed E-state index contributed by atoms with van der Waals surface area (Å²) in [7, 11) is 0. The van der Waals surface area contributed by atoms with Gasteiger partial charge in [-0.15, -0.1) is 11.3 Å². The van der Waals surface area contributed by atoms with Gasteiger partial charge in [0.05, 0.1) is 10.7 Å². The first-order valence-corrected chi connectivity index (χ1v) is 7.78. The van der Waals surface area contributed by atoms with Crippen molar-refractivity contribution in [3.8, 4) is 10.6 Å². The fourth-order valence-electron chi connectivity index (χ4n) is 1.73. The average molecular weight is 346 g/mol. The molecule has 0 unspecified atom stereocenters. The van der Waals surface area contributed by atoms with Crippen molar-refractivity contribution in [1.82, 2.24) is 4.98 Å². The van der Waals surface area contributed by atoms with Crippen LogP contribution < -0.4 is 5.73 Å². The van der Waals surface area contributed by atoms with Gasteiger partial charge >= 0.3 is 0 Å². The number of halogens is 2. The molecule has 0 saturated carbocycles. The number of nitrogens with zero attached hydrogens (tertiary/aromatic N) is 1. The molecule has 5 heteroatoms. The Hall–Kier alpha value is -0.420. The zero-order chi connectivity index (χ0) is 13.1. The van der Waals surface area contributed by atoms with Crippen LogP contribution in [0, 0.1) is 0 Å². The van der Waals surface area contributed by atoms with Gasteiger partial charge in [-0.1, -0.05) is 31.0 Å². The maximum atomic E-state index is 6.00. The number of nitrogens with two attached hydrogens (primary N) is 1. The van der Waals surface area contributed by atoms with Crippen LogP contribution in [0.25, 0.3) is 10.6 Å². The third kappa shape index (κ3) is 2.94. The maximum absolute atomic E-state index is 6.00. The second-order valence-corrected chi connectivity index (χ2v) is 6.32. The minimum Gasteiger partial charge on any atom is -0.326 e. The molecule has 0 spiro atoms. The van der Waals surface area contributed by atoms with Gasteiger partial charge in [-0.05, 0) is 34.5 Å². The smallest absolute Gasteiger partial charge is 0.123 e. The number of aryl methyl sites for hydroxylation is 1. The molecular formula is C13H14BrClN2S. The van der Waals surface area contributed by atoms with Crippen LogP contribution in [0.15, 0.2) is 22.7 Å². The predicted molar refractivity (Wildman–Crippen MR) is 82.1 cm³/mol. The molecule has 2 aromatic rings. The predicted octanol–water partition coefficient (Wildman–Crippen LogP) is 4.64. The standard InChI is InChI=1S/C13H14BrClN2S/c1-2-3-11-12(7-16)18-13(17-11)8-4-5-10(15)9(14)6-8/h4-6H,2-3,7,16H2,1H3. The number of rotatable bonds is 4. The van der Waals surface area contributed by atoms with Crippen molar-refractivity contribution < 1.29 is 0 Å². The summed E-state index contributed by atoms with van der Waals surface area (Å²) >= 11 is 11.1. The fourth-order valence-corrected chi connectivity index (χ4v) is 3.21. The first-order valence-electron chi connectivity index (χ1n) is 5.79. The van der Waals surface area contributed by atoms with Gasteiger partial charge in [0.15, 0.2) is 0 Å². The fraction of sp³-hybridized carbons (Fsp3) is 0.308. The molecule has 0 radical (unpaired) electrons. The van der Waals surface area contributed by atoms with Gasteiger partial charge in [-0.2, -0.15) is 0 Å². The van der Waals surface area contributed by atoms with Crippen molar-refractivity contribution >= 4 is 38.9 Å². The van der Waals surface area contributed by atoms with E-state index in [2.05, 4.69) is 27.8 Å². The highest BCUT2D eigenvalue weighted by molar-refractivity contribution is 9.10. The Bertz CT molecular complexity index is 554. The van der Waals surface area contributed by atoms with Gasteiger partial charge < -0.3 is 5.73 Å². The highest BCUT2D eigenvalue weighted by Crippen LogP contribution is 2.32. The van der Waals surface area contributed by atoms with E-state index in [1.165, 1.54) is 4.88 Å². The van der Waals surface area contributed by atoms with E-state index in [0.717, 1.165) is 33.6 Å². The summed E-state index contributed by atoms with van der Waals surface area (Å²) in [4.78, 5) is 5.87. The lowest BCUT2D eigenvalue weighted by Crippen LogP contribution is -1.97. The Labute approximate surface area is 124 Å². The molecule has 1 aromatic carbocycles. The van der Waals surface area contributed by atoms with Crippen molar-refractivity contribution in [3.63, 3.8) is 0 Å². The van der Waals surface area contributed by atoms with E-state index in [-0.39, 0.29) is 0 Å². The van der Waals surface area contributed by atoms with E-state index in [9.17, 15) is 0 Å². The van der Waals surface area contributed by atoms with Crippen molar-refractivity contribution in [2.75, 3.05) is 0 Å². The summed E-state index contributed by atoms with van der Waals surface area (Å²) in [6, 6.07) is 5.86. The summed E-state index contributed by atoms with van der Waals surface area (Å²) in [5, 5.41) is 1.72. The Morgan fingerprint density at radius 2 is 2.22 bits per heavy atom. The second kappa shape index (κ2) is 6.15. The number of hydrogen-bond donors (Lipinski definition) is 1. The molecule has 0 aliphatic rings. The largest absolute Gasteiger partial charge is 0.326 e. The van der Waals surface area contributed by atoms with Gasteiger partial charge in [-0.3, -0.25) is 0 Å². The molecule has 2 nitrogen and oxygen atoms in total. The van der Waals surface area contributed by atoms with E-state index < -0.39 is 0 Å². The van der Waals surface area contributed by atoms with Crippen LogP contribution in [-0.4, -0.2) is 4.98 Å². The molecule has 0 amide bonds. The Morgan fingerprint density at radius 3 is 2.83 bits per heavy atom. The second-order valence-electron chi connectivity index (χ2n) is 3.97. The van der Waals surface area contributed by atoms with Crippen LogP contribution in [0.5, 0.6) is 0 Å². The van der Waals surface area contributed by atoms with Gasteiger partial charge in [0.1, 0.15) is 5.01 Å². The number of benzene rings is 1. The van der Waals surface area contributed by atoms with E-state index >= 15 is 0 Å². The highest BCUT2D eigenvalue weighted by Gasteiger charge is 2.11. The first-order chi connectivity index (χ1) is 8.65. The SMILES string of the molecule is CCCc1nc(-c2ccc(Cl)c(Br)c2)sc1CN. The zero-order valence-electron chi connectivity index (χ0n) is 10.0. The van der Waals surface area contributed by atoms with Gasteiger partial charge in [0.2, 0.25) is 0 Å². The molecule has 0 atom stereocenters. The van der Waals surface area contributed by atoms with Crippen molar-refractivity contribution in [2.24, 2.45) is 5.73 Å². The molecule has 0 saturated heterocycles. The van der Waals surface area contributed by atoms with E-state index in [4.69, 9.17) is 17.3 Å². The van der Waals surface area contributed by atoms with Crippen LogP contribution in [0.2, 0.25) is 5.02 Å². The van der Waals surface area contributed by atoms with Crippen LogP contribution in [-0.2, 0) is 13.0 Å². The topological polar surface area (TPSA) is 38.9 Å². The van der Waals surface area contributed by atoms with Crippen LogP contribution in [0.4, 0.5) is 0 Å². The lowest BCUT2D eigenvalue weighted by molar-refractivity contribution is 0.872. The van der Waals surface area contributed by atoms with Gasteiger partial charge in [0.25, 0.3) is 0 Å². The molecule has 2 rings (SSSR count). The van der Waals surface area contributed by atoms with Gasteiger partial charge in [-0.25, -0.2) is 4.98 Å². The molecule has 0 aliphatic carbocycles. The summed E-state index contributed by atoms with van der Waals surface area (Å²) in [5.74, 6) is 0. The van der Waals surface area contributed by atoms with E-state index in [1.807, 2.05) is 18.2 Å². The highest BCUT2D eigenvalue weighted by atomic mass is 79.9. The molecular weight excluding hydrogens is 332 g/mol. The molecule has 1 heterocycles.